The minimum atomic E-state index is -1.12. The number of nitrogens with zero attached hydrogens (tertiary/aromatic N) is 1. The summed E-state index contributed by atoms with van der Waals surface area (Å²) >= 11 is 0. The first-order valence-corrected chi connectivity index (χ1v) is 9.21. The number of hydrogen-bond donors (Lipinski definition) is 2. The normalized spacial score (nSPS) is 10.8. The van der Waals surface area contributed by atoms with E-state index < -0.39 is 11.9 Å². The van der Waals surface area contributed by atoms with Gasteiger partial charge in [0.25, 0.3) is 0 Å². The third-order valence-corrected chi connectivity index (χ3v) is 4.15. The van der Waals surface area contributed by atoms with Crippen molar-refractivity contribution in [3.05, 3.63) is 53.6 Å². The van der Waals surface area contributed by atoms with Gasteiger partial charge in [-0.1, -0.05) is 12.1 Å². The molecular weight excluding hydrogens is 388 g/mol. The van der Waals surface area contributed by atoms with Gasteiger partial charge in [-0.3, -0.25) is 4.79 Å². The molecule has 1 amide bonds. The highest BCUT2D eigenvalue weighted by molar-refractivity contribution is 6.06. The lowest BCUT2D eigenvalue weighted by molar-refractivity contribution is -0.111. The number of amides is 1. The summed E-state index contributed by atoms with van der Waals surface area (Å²) in [5, 5.41) is 11.8. The van der Waals surface area contributed by atoms with Gasteiger partial charge >= 0.3 is 5.97 Å². The van der Waals surface area contributed by atoms with Gasteiger partial charge in [0.15, 0.2) is 11.5 Å². The van der Waals surface area contributed by atoms with E-state index in [0.29, 0.717) is 36.0 Å². The van der Waals surface area contributed by atoms with Crippen LogP contribution in [0.4, 0.5) is 5.69 Å². The van der Waals surface area contributed by atoms with Crippen LogP contribution < -0.4 is 19.5 Å². The molecule has 0 unspecified atom stereocenters. The molecule has 0 saturated carbocycles. The zero-order valence-corrected chi connectivity index (χ0v) is 17.5. The number of anilines is 1. The second-order valence-corrected chi connectivity index (χ2v) is 6.54. The van der Waals surface area contributed by atoms with Gasteiger partial charge in [-0.15, -0.1) is 0 Å². The van der Waals surface area contributed by atoms with E-state index >= 15 is 0 Å². The van der Waals surface area contributed by atoms with Crippen LogP contribution in [0, 0.1) is 0 Å². The fourth-order valence-electron chi connectivity index (χ4n) is 2.64. The molecule has 2 aromatic carbocycles. The average Bonchev–Trinajstić information content (AvgIpc) is 2.72. The number of para-hydroxylation sites is 1. The van der Waals surface area contributed by atoms with Crippen molar-refractivity contribution in [2.45, 2.75) is 0 Å². The maximum absolute atomic E-state index is 12.4. The number of hydrogen-bond acceptors (Lipinski definition) is 6. The third-order valence-electron chi connectivity index (χ3n) is 4.15. The van der Waals surface area contributed by atoms with E-state index in [-0.39, 0.29) is 11.3 Å². The first-order chi connectivity index (χ1) is 14.4. The van der Waals surface area contributed by atoms with Crippen LogP contribution in [-0.4, -0.2) is 63.3 Å². The number of methoxy groups -OCH3 is 2. The Bertz CT molecular complexity index is 924. The Morgan fingerprint density at radius 3 is 2.43 bits per heavy atom. The standard InChI is InChI=1S/C22H26N2O6/c1-24(2)13-14-30-20-15(9-11-18(28-3)21(20)29-4)10-12-19(25)23-17-8-6-5-7-16(17)22(26)27/h5-12H,13-14H2,1-4H3,(H,23,25)(H,26,27). The van der Waals surface area contributed by atoms with Crippen molar-refractivity contribution in [3.8, 4) is 17.2 Å². The summed E-state index contributed by atoms with van der Waals surface area (Å²) in [5.74, 6) is -0.206. The van der Waals surface area contributed by atoms with Crippen LogP contribution in [0.25, 0.3) is 6.08 Å². The molecule has 0 atom stereocenters. The summed E-state index contributed by atoms with van der Waals surface area (Å²) in [5.41, 5.74) is 0.848. The van der Waals surface area contributed by atoms with Crippen molar-refractivity contribution in [3.63, 3.8) is 0 Å². The molecule has 30 heavy (non-hydrogen) atoms. The van der Waals surface area contributed by atoms with Crippen LogP contribution in [0.2, 0.25) is 0 Å². The molecule has 0 aliphatic heterocycles. The third kappa shape index (κ3) is 5.99. The molecule has 0 radical (unpaired) electrons. The quantitative estimate of drug-likeness (QED) is 0.577. The predicted molar refractivity (Wildman–Crippen MR) is 115 cm³/mol. The number of carboxylic acids is 1. The van der Waals surface area contributed by atoms with Crippen LogP contribution in [0.5, 0.6) is 17.2 Å². The van der Waals surface area contributed by atoms with Crippen molar-refractivity contribution in [2.75, 3.05) is 46.8 Å². The van der Waals surface area contributed by atoms with Gasteiger partial charge < -0.3 is 29.5 Å². The van der Waals surface area contributed by atoms with Crippen LogP contribution in [0.1, 0.15) is 15.9 Å². The molecule has 0 bridgehead atoms. The van der Waals surface area contributed by atoms with Crippen molar-refractivity contribution in [2.24, 2.45) is 0 Å². The molecule has 2 aromatic rings. The van der Waals surface area contributed by atoms with Gasteiger partial charge in [0, 0.05) is 18.2 Å². The number of benzene rings is 2. The molecule has 0 heterocycles. The number of ether oxygens (including phenoxy) is 3. The fraction of sp³-hybridized carbons (Fsp3) is 0.273. The van der Waals surface area contributed by atoms with Gasteiger partial charge in [0.1, 0.15) is 6.61 Å². The molecule has 0 spiro atoms. The summed E-state index contributed by atoms with van der Waals surface area (Å²) in [6, 6.07) is 9.66. The van der Waals surface area contributed by atoms with E-state index in [4.69, 9.17) is 14.2 Å². The monoisotopic (exact) mass is 414 g/mol. The van der Waals surface area contributed by atoms with Crippen LogP contribution >= 0.6 is 0 Å². The highest BCUT2D eigenvalue weighted by Crippen LogP contribution is 2.40. The molecule has 0 aromatic heterocycles. The molecule has 0 fully saturated rings. The summed E-state index contributed by atoms with van der Waals surface area (Å²) in [7, 11) is 6.92. The van der Waals surface area contributed by atoms with E-state index in [1.54, 1.807) is 30.3 Å². The molecule has 8 nitrogen and oxygen atoms in total. The van der Waals surface area contributed by atoms with Gasteiger partial charge in [0.05, 0.1) is 25.5 Å². The molecule has 0 saturated heterocycles. The Morgan fingerprint density at radius 2 is 1.80 bits per heavy atom. The first kappa shape index (κ1) is 22.8. The molecule has 2 rings (SSSR count). The lowest BCUT2D eigenvalue weighted by atomic mass is 10.1. The van der Waals surface area contributed by atoms with Crippen LogP contribution in [-0.2, 0) is 4.79 Å². The fourth-order valence-corrected chi connectivity index (χ4v) is 2.64. The molecule has 0 aliphatic carbocycles. The van der Waals surface area contributed by atoms with E-state index in [9.17, 15) is 14.7 Å². The zero-order valence-electron chi connectivity index (χ0n) is 17.5. The topological polar surface area (TPSA) is 97.3 Å². The molecular formula is C22H26N2O6. The Hall–Kier alpha value is -3.52. The largest absolute Gasteiger partial charge is 0.493 e. The van der Waals surface area contributed by atoms with E-state index in [1.807, 2.05) is 19.0 Å². The second kappa shape index (κ2) is 10.9. The molecule has 0 aliphatic rings. The average molecular weight is 414 g/mol. The number of carbonyl (C=O) groups excluding carboxylic acids is 1. The minimum absolute atomic E-state index is 0.0121. The van der Waals surface area contributed by atoms with Crippen molar-refractivity contribution in [1.82, 2.24) is 4.90 Å². The molecule has 8 heteroatoms. The first-order valence-electron chi connectivity index (χ1n) is 9.21. The smallest absolute Gasteiger partial charge is 0.337 e. The Kier molecular flexibility index (Phi) is 8.25. The van der Waals surface area contributed by atoms with Gasteiger partial charge in [-0.2, -0.15) is 0 Å². The zero-order chi connectivity index (χ0) is 22.1. The minimum Gasteiger partial charge on any atom is -0.493 e. The van der Waals surface area contributed by atoms with Crippen molar-refractivity contribution < 1.29 is 28.9 Å². The summed E-state index contributed by atoms with van der Waals surface area (Å²) in [4.78, 5) is 25.6. The van der Waals surface area contributed by atoms with Gasteiger partial charge in [0.2, 0.25) is 11.7 Å². The van der Waals surface area contributed by atoms with E-state index in [2.05, 4.69) is 5.32 Å². The van der Waals surface area contributed by atoms with Crippen molar-refractivity contribution in [1.29, 1.82) is 0 Å². The number of carbonyl (C=O) groups is 2. The summed E-state index contributed by atoms with van der Waals surface area (Å²) in [6.45, 7) is 1.10. The SMILES string of the molecule is COc1ccc(C=CC(=O)Nc2ccccc2C(=O)O)c(OCCN(C)C)c1OC. The van der Waals surface area contributed by atoms with Gasteiger partial charge in [-0.25, -0.2) is 4.79 Å². The number of rotatable bonds is 10. The number of likely N-dealkylation sites (N-methyl/N-ethyl adjacent to an activating group) is 1. The summed E-state index contributed by atoms with van der Waals surface area (Å²) < 4.78 is 16.7. The van der Waals surface area contributed by atoms with Crippen LogP contribution in [0.15, 0.2) is 42.5 Å². The predicted octanol–water partition coefficient (Wildman–Crippen LogP) is 2.99. The van der Waals surface area contributed by atoms with Crippen molar-refractivity contribution >= 4 is 23.6 Å². The molecule has 160 valence electrons. The molecule has 2 N–H and O–H groups in total. The highest BCUT2D eigenvalue weighted by Gasteiger charge is 2.16. The Balaban J connectivity index is 2.26. The Morgan fingerprint density at radius 1 is 1.07 bits per heavy atom. The second-order valence-electron chi connectivity index (χ2n) is 6.54. The highest BCUT2D eigenvalue weighted by atomic mass is 16.5. The lowest BCUT2D eigenvalue weighted by Gasteiger charge is -2.17. The number of nitrogens with one attached hydrogen (secondary N) is 1. The lowest BCUT2D eigenvalue weighted by Crippen LogP contribution is -2.19. The van der Waals surface area contributed by atoms with Gasteiger partial charge in [-0.05, 0) is 44.4 Å². The van der Waals surface area contributed by atoms with E-state index in [1.165, 1.54) is 32.4 Å². The summed E-state index contributed by atoms with van der Waals surface area (Å²) in [6.07, 6.45) is 2.88. The maximum atomic E-state index is 12.4. The number of carboxylic acid groups (broad SMARTS) is 1. The van der Waals surface area contributed by atoms with Crippen LogP contribution in [0.3, 0.4) is 0 Å². The maximum Gasteiger partial charge on any atom is 0.337 e. The number of aromatic carboxylic acids is 1. The Labute approximate surface area is 175 Å². The van der Waals surface area contributed by atoms with E-state index in [0.717, 1.165) is 0 Å².